The van der Waals surface area contributed by atoms with Crippen LogP contribution in [0.5, 0.6) is 11.5 Å². The molecular weight excluding hydrogens is 288 g/mol. The number of thiocarbonyl (C=S) groups is 1. The van der Waals surface area contributed by atoms with E-state index in [-0.39, 0.29) is 12.1 Å². The normalized spacial score (nSPS) is 18.9. The van der Waals surface area contributed by atoms with Crippen molar-refractivity contribution in [2.75, 3.05) is 26.1 Å². The summed E-state index contributed by atoms with van der Waals surface area (Å²) in [6, 6.07) is 5.70. The minimum Gasteiger partial charge on any atom is -0.497 e. The van der Waals surface area contributed by atoms with E-state index in [1.165, 1.54) is 0 Å². The number of rotatable bonds is 5. The minimum atomic E-state index is 0.170. The van der Waals surface area contributed by atoms with Crippen LogP contribution in [0.25, 0.3) is 0 Å². The summed E-state index contributed by atoms with van der Waals surface area (Å²) >= 11 is 5.36. The van der Waals surface area contributed by atoms with Crippen molar-refractivity contribution in [3.05, 3.63) is 18.2 Å². The molecule has 0 bridgehead atoms. The molecule has 2 atom stereocenters. The van der Waals surface area contributed by atoms with Gasteiger partial charge in [-0.1, -0.05) is 0 Å². The molecule has 6 heteroatoms. The summed E-state index contributed by atoms with van der Waals surface area (Å²) in [4.78, 5) is 0. The van der Waals surface area contributed by atoms with E-state index in [9.17, 15) is 0 Å². The van der Waals surface area contributed by atoms with Crippen molar-refractivity contribution in [2.24, 2.45) is 0 Å². The molecule has 0 radical (unpaired) electrons. The summed E-state index contributed by atoms with van der Waals surface area (Å²) in [5.74, 6) is 1.46. The number of hydrogen-bond acceptors (Lipinski definition) is 4. The van der Waals surface area contributed by atoms with E-state index in [1.807, 2.05) is 18.2 Å². The fourth-order valence-electron chi connectivity index (χ4n) is 2.37. The average Bonchev–Trinajstić information content (AvgIpc) is 3.01. The second-order valence-corrected chi connectivity index (χ2v) is 5.41. The van der Waals surface area contributed by atoms with Crippen molar-refractivity contribution in [1.29, 1.82) is 0 Å². The lowest BCUT2D eigenvalue weighted by molar-refractivity contribution is 0.0895. The van der Waals surface area contributed by atoms with E-state index in [0.29, 0.717) is 10.9 Å². The van der Waals surface area contributed by atoms with Gasteiger partial charge in [0.15, 0.2) is 5.11 Å². The lowest BCUT2D eigenvalue weighted by Gasteiger charge is -2.22. The third kappa shape index (κ3) is 4.22. The number of nitrogens with one attached hydrogen (secondary N) is 2. The Hall–Kier alpha value is -1.53. The van der Waals surface area contributed by atoms with Gasteiger partial charge < -0.3 is 24.8 Å². The first kappa shape index (κ1) is 15.9. The Labute approximate surface area is 131 Å². The van der Waals surface area contributed by atoms with Gasteiger partial charge in [-0.05, 0) is 44.1 Å². The summed E-state index contributed by atoms with van der Waals surface area (Å²) in [6.45, 7) is 2.91. The van der Waals surface area contributed by atoms with Gasteiger partial charge in [0, 0.05) is 12.7 Å². The second-order valence-electron chi connectivity index (χ2n) is 5.00. The first-order chi connectivity index (χ1) is 10.1. The summed E-state index contributed by atoms with van der Waals surface area (Å²) in [6.07, 6.45) is 2.40. The van der Waals surface area contributed by atoms with Crippen LogP contribution in [0, 0.1) is 0 Å². The Morgan fingerprint density at radius 2 is 2.19 bits per heavy atom. The highest BCUT2D eigenvalue weighted by Crippen LogP contribution is 2.28. The summed E-state index contributed by atoms with van der Waals surface area (Å²) in [5, 5.41) is 6.95. The highest BCUT2D eigenvalue weighted by atomic mass is 32.1. The van der Waals surface area contributed by atoms with Gasteiger partial charge in [-0.15, -0.1) is 0 Å². The Morgan fingerprint density at radius 1 is 1.38 bits per heavy atom. The van der Waals surface area contributed by atoms with Crippen LogP contribution in [-0.2, 0) is 4.74 Å². The number of anilines is 1. The molecule has 0 amide bonds. The molecule has 1 aliphatic rings. The summed E-state index contributed by atoms with van der Waals surface area (Å²) in [7, 11) is 3.25. The molecule has 2 N–H and O–H groups in total. The van der Waals surface area contributed by atoms with E-state index in [1.54, 1.807) is 14.2 Å². The molecule has 1 aromatic carbocycles. The molecule has 2 unspecified atom stereocenters. The smallest absolute Gasteiger partial charge is 0.171 e. The highest BCUT2D eigenvalue weighted by Gasteiger charge is 2.22. The van der Waals surface area contributed by atoms with E-state index in [2.05, 4.69) is 17.6 Å². The minimum absolute atomic E-state index is 0.170. The Bertz CT molecular complexity index is 490. The third-order valence-corrected chi connectivity index (χ3v) is 3.76. The van der Waals surface area contributed by atoms with Gasteiger partial charge in [0.1, 0.15) is 11.5 Å². The third-order valence-electron chi connectivity index (χ3n) is 3.54. The van der Waals surface area contributed by atoms with Gasteiger partial charge in [-0.2, -0.15) is 0 Å². The zero-order valence-electron chi connectivity index (χ0n) is 12.6. The molecule has 1 fully saturated rings. The quantitative estimate of drug-likeness (QED) is 0.815. The average molecular weight is 310 g/mol. The molecule has 0 aliphatic carbocycles. The van der Waals surface area contributed by atoms with Crippen LogP contribution in [-0.4, -0.2) is 38.1 Å². The molecule has 116 valence electrons. The highest BCUT2D eigenvalue weighted by molar-refractivity contribution is 7.80. The molecular formula is C15H22N2O3S. The van der Waals surface area contributed by atoms with Crippen molar-refractivity contribution >= 4 is 23.0 Å². The van der Waals surface area contributed by atoms with Crippen LogP contribution >= 0.6 is 12.2 Å². The lowest BCUT2D eigenvalue weighted by atomic mass is 10.1. The van der Waals surface area contributed by atoms with Gasteiger partial charge in [0.2, 0.25) is 0 Å². The SMILES string of the molecule is COc1ccc(OC)c(NC(=S)NC(C)C2CCCO2)c1. The number of hydrogen-bond donors (Lipinski definition) is 2. The van der Waals surface area contributed by atoms with Gasteiger partial charge in [0.05, 0.1) is 32.1 Å². The zero-order chi connectivity index (χ0) is 15.2. The predicted octanol–water partition coefficient (Wildman–Crippen LogP) is 2.56. The van der Waals surface area contributed by atoms with Crippen molar-refractivity contribution in [3.63, 3.8) is 0 Å². The molecule has 0 saturated carbocycles. The number of benzene rings is 1. The molecule has 0 aromatic heterocycles. The first-order valence-corrected chi connectivity index (χ1v) is 7.46. The zero-order valence-corrected chi connectivity index (χ0v) is 13.5. The molecule has 1 saturated heterocycles. The van der Waals surface area contributed by atoms with Gasteiger partial charge in [-0.3, -0.25) is 0 Å². The van der Waals surface area contributed by atoms with Crippen LogP contribution in [0.15, 0.2) is 18.2 Å². The monoisotopic (exact) mass is 310 g/mol. The Kier molecular flexibility index (Phi) is 5.64. The van der Waals surface area contributed by atoms with Gasteiger partial charge in [-0.25, -0.2) is 0 Å². The number of methoxy groups -OCH3 is 2. The fourth-order valence-corrected chi connectivity index (χ4v) is 2.66. The molecule has 1 aromatic rings. The number of ether oxygens (including phenoxy) is 3. The Morgan fingerprint density at radius 3 is 2.81 bits per heavy atom. The maximum absolute atomic E-state index is 5.65. The van der Waals surface area contributed by atoms with Gasteiger partial charge >= 0.3 is 0 Å². The Balaban J connectivity index is 1.98. The lowest BCUT2D eigenvalue weighted by Crippen LogP contribution is -2.42. The molecule has 5 nitrogen and oxygen atoms in total. The van der Waals surface area contributed by atoms with E-state index in [0.717, 1.165) is 30.9 Å². The molecule has 1 heterocycles. The van der Waals surface area contributed by atoms with Crippen LogP contribution in [0.3, 0.4) is 0 Å². The van der Waals surface area contributed by atoms with Crippen molar-refractivity contribution in [1.82, 2.24) is 5.32 Å². The van der Waals surface area contributed by atoms with Crippen LogP contribution in [0.1, 0.15) is 19.8 Å². The van der Waals surface area contributed by atoms with Crippen molar-refractivity contribution in [2.45, 2.75) is 31.9 Å². The first-order valence-electron chi connectivity index (χ1n) is 7.05. The summed E-state index contributed by atoms with van der Waals surface area (Å²) in [5.41, 5.74) is 0.772. The second kappa shape index (κ2) is 7.47. The molecule has 0 spiro atoms. The van der Waals surface area contributed by atoms with Crippen LogP contribution < -0.4 is 20.1 Å². The topological polar surface area (TPSA) is 51.8 Å². The molecule has 1 aliphatic heterocycles. The van der Waals surface area contributed by atoms with Crippen molar-refractivity contribution in [3.8, 4) is 11.5 Å². The van der Waals surface area contributed by atoms with Gasteiger partial charge in [0.25, 0.3) is 0 Å². The van der Waals surface area contributed by atoms with E-state index >= 15 is 0 Å². The van der Waals surface area contributed by atoms with E-state index in [4.69, 9.17) is 26.4 Å². The molecule has 2 rings (SSSR count). The summed E-state index contributed by atoms with van der Waals surface area (Å²) < 4.78 is 16.2. The maximum Gasteiger partial charge on any atom is 0.171 e. The van der Waals surface area contributed by atoms with E-state index < -0.39 is 0 Å². The molecule has 21 heavy (non-hydrogen) atoms. The van der Waals surface area contributed by atoms with Crippen LogP contribution in [0.4, 0.5) is 5.69 Å². The van der Waals surface area contributed by atoms with Crippen LogP contribution in [0.2, 0.25) is 0 Å². The standard InChI is InChI=1S/C15H22N2O3S/c1-10(13-5-4-8-20-13)16-15(21)17-12-9-11(18-2)6-7-14(12)19-3/h6-7,9-10,13H,4-5,8H2,1-3H3,(H2,16,17,21). The van der Waals surface area contributed by atoms with Crippen molar-refractivity contribution < 1.29 is 14.2 Å². The maximum atomic E-state index is 5.65. The predicted molar refractivity (Wildman–Crippen MR) is 87.3 cm³/mol. The fraction of sp³-hybridized carbons (Fsp3) is 0.533. The largest absolute Gasteiger partial charge is 0.497 e.